The Morgan fingerprint density at radius 2 is 1.97 bits per heavy atom. The van der Waals surface area contributed by atoms with E-state index in [-0.39, 0.29) is 24.9 Å². The zero-order valence-electron chi connectivity index (χ0n) is 17.3. The Labute approximate surface area is 175 Å². The number of amides is 1. The summed E-state index contributed by atoms with van der Waals surface area (Å²) in [6, 6.07) is 8.62. The number of hydrogen-bond donors (Lipinski definition) is 3. The van der Waals surface area contributed by atoms with E-state index in [0.717, 1.165) is 36.6 Å². The second-order valence-electron chi connectivity index (χ2n) is 7.77. The first kappa shape index (κ1) is 22.2. The molecule has 0 aliphatic heterocycles. The van der Waals surface area contributed by atoms with Gasteiger partial charge in [-0.2, -0.15) is 0 Å². The normalized spacial score (nSPS) is 17.7. The van der Waals surface area contributed by atoms with Crippen molar-refractivity contribution in [3.05, 3.63) is 64.7 Å². The lowest BCUT2D eigenvalue weighted by molar-refractivity contribution is -0.120. The number of aliphatic hydroxyl groups is 1. The lowest BCUT2D eigenvalue weighted by atomic mass is 9.87. The van der Waals surface area contributed by atoms with Gasteiger partial charge in [0, 0.05) is 25.6 Å². The van der Waals surface area contributed by atoms with Crippen molar-refractivity contribution in [3.8, 4) is 5.75 Å². The predicted molar refractivity (Wildman–Crippen MR) is 110 cm³/mol. The van der Waals surface area contributed by atoms with Crippen molar-refractivity contribution >= 4 is 5.91 Å². The Hall–Kier alpha value is -2.51. The van der Waals surface area contributed by atoms with Crippen molar-refractivity contribution in [2.75, 3.05) is 13.7 Å². The second kappa shape index (κ2) is 10.00. The average Bonchev–Trinajstić information content (AvgIpc) is 2.70. The molecule has 1 aliphatic carbocycles. The van der Waals surface area contributed by atoms with E-state index < -0.39 is 23.8 Å². The summed E-state index contributed by atoms with van der Waals surface area (Å²) in [7, 11) is 1.63. The van der Waals surface area contributed by atoms with Gasteiger partial charge in [0.1, 0.15) is 17.4 Å². The number of nitrogens with one attached hydrogen (secondary N) is 2. The van der Waals surface area contributed by atoms with Gasteiger partial charge in [-0.15, -0.1) is 0 Å². The van der Waals surface area contributed by atoms with E-state index in [0.29, 0.717) is 5.56 Å². The summed E-state index contributed by atoms with van der Waals surface area (Å²) in [4.78, 5) is 11.6. The van der Waals surface area contributed by atoms with Crippen LogP contribution in [0.4, 0.5) is 8.78 Å². The third kappa shape index (κ3) is 5.77. The number of aliphatic hydroxyl groups excluding tert-OH is 1. The standard InChI is InChI=1S/C23H28F2N2O3/c1-14(28)27-22(10-15-8-17(24)11-18(25)9-15)23(29)13-26-21-5-3-4-16-6-7-19(30-2)12-20(16)21/h6-9,11-12,21-23,26,29H,3-5,10,13H2,1-2H3,(H,27,28)/t21-,22?,23+/m0/s1. The molecule has 30 heavy (non-hydrogen) atoms. The summed E-state index contributed by atoms with van der Waals surface area (Å²) < 4.78 is 32.4. The minimum absolute atomic E-state index is 0.0584. The molecule has 162 valence electrons. The van der Waals surface area contributed by atoms with Crippen molar-refractivity contribution in [2.24, 2.45) is 0 Å². The lowest BCUT2D eigenvalue weighted by Gasteiger charge is -2.30. The van der Waals surface area contributed by atoms with Crippen LogP contribution in [0.15, 0.2) is 36.4 Å². The zero-order valence-corrected chi connectivity index (χ0v) is 17.3. The lowest BCUT2D eigenvalue weighted by Crippen LogP contribution is -2.48. The summed E-state index contributed by atoms with van der Waals surface area (Å²) in [6.07, 6.45) is 2.14. The van der Waals surface area contributed by atoms with Crippen LogP contribution in [0.2, 0.25) is 0 Å². The number of ether oxygens (including phenoxy) is 1. The average molecular weight is 418 g/mol. The molecule has 0 radical (unpaired) electrons. The maximum atomic E-state index is 13.5. The molecule has 5 nitrogen and oxygen atoms in total. The number of carbonyl (C=O) groups excluding carboxylic acids is 1. The number of methoxy groups -OCH3 is 1. The first-order valence-corrected chi connectivity index (χ1v) is 10.2. The molecule has 0 saturated heterocycles. The zero-order chi connectivity index (χ0) is 21.7. The Morgan fingerprint density at radius 1 is 1.23 bits per heavy atom. The van der Waals surface area contributed by atoms with Crippen LogP contribution in [-0.2, 0) is 17.6 Å². The quantitative estimate of drug-likeness (QED) is 0.616. The molecular weight excluding hydrogens is 390 g/mol. The molecule has 1 amide bonds. The van der Waals surface area contributed by atoms with Crippen LogP contribution in [-0.4, -0.2) is 36.8 Å². The van der Waals surface area contributed by atoms with Gasteiger partial charge in [-0.3, -0.25) is 4.79 Å². The van der Waals surface area contributed by atoms with E-state index >= 15 is 0 Å². The van der Waals surface area contributed by atoms with Crippen molar-refractivity contribution < 1.29 is 23.4 Å². The molecule has 1 aliphatic rings. The molecule has 0 bridgehead atoms. The van der Waals surface area contributed by atoms with Gasteiger partial charge in [-0.25, -0.2) is 8.78 Å². The fraction of sp³-hybridized carbons (Fsp3) is 0.435. The molecule has 0 aromatic heterocycles. The highest BCUT2D eigenvalue weighted by Crippen LogP contribution is 2.32. The van der Waals surface area contributed by atoms with E-state index in [1.807, 2.05) is 12.1 Å². The van der Waals surface area contributed by atoms with E-state index in [2.05, 4.69) is 16.7 Å². The number of aryl methyl sites for hydroxylation is 1. The minimum Gasteiger partial charge on any atom is -0.497 e. The molecule has 0 heterocycles. The van der Waals surface area contributed by atoms with Gasteiger partial charge in [0.2, 0.25) is 5.91 Å². The fourth-order valence-electron chi connectivity index (χ4n) is 4.05. The molecule has 3 atom stereocenters. The summed E-state index contributed by atoms with van der Waals surface area (Å²) in [5, 5.41) is 16.8. The summed E-state index contributed by atoms with van der Waals surface area (Å²) in [5.41, 5.74) is 2.77. The van der Waals surface area contributed by atoms with Crippen molar-refractivity contribution in [1.29, 1.82) is 0 Å². The number of hydrogen-bond acceptors (Lipinski definition) is 4. The number of fused-ring (bicyclic) bond motifs is 1. The van der Waals surface area contributed by atoms with Gasteiger partial charge in [-0.1, -0.05) is 6.07 Å². The topological polar surface area (TPSA) is 70.6 Å². The van der Waals surface area contributed by atoms with Crippen LogP contribution in [0.3, 0.4) is 0 Å². The van der Waals surface area contributed by atoms with E-state index in [1.54, 1.807) is 7.11 Å². The number of carbonyl (C=O) groups is 1. The molecular formula is C23H28F2N2O3. The SMILES string of the molecule is COc1ccc2c(c1)[C@@H](NC[C@@H](O)C(Cc1cc(F)cc(F)c1)NC(C)=O)CCC2. The molecule has 7 heteroatoms. The Morgan fingerprint density at radius 3 is 2.63 bits per heavy atom. The van der Waals surface area contributed by atoms with Gasteiger partial charge < -0.3 is 20.5 Å². The third-order valence-electron chi connectivity index (χ3n) is 5.47. The molecule has 3 rings (SSSR count). The van der Waals surface area contributed by atoms with E-state index in [4.69, 9.17) is 4.74 Å². The van der Waals surface area contributed by atoms with Crippen LogP contribution in [0, 0.1) is 11.6 Å². The number of rotatable bonds is 8. The molecule has 2 aromatic rings. The fourth-order valence-corrected chi connectivity index (χ4v) is 4.05. The van der Waals surface area contributed by atoms with Crippen LogP contribution >= 0.6 is 0 Å². The molecule has 0 fully saturated rings. The smallest absolute Gasteiger partial charge is 0.217 e. The van der Waals surface area contributed by atoms with E-state index in [9.17, 15) is 18.7 Å². The van der Waals surface area contributed by atoms with Crippen LogP contribution in [0.25, 0.3) is 0 Å². The maximum absolute atomic E-state index is 13.5. The Kier molecular flexibility index (Phi) is 7.39. The van der Waals surface area contributed by atoms with Crippen LogP contribution in [0.5, 0.6) is 5.75 Å². The van der Waals surface area contributed by atoms with Gasteiger partial charge in [0.15, 0.2) is 0 Å². The number of benzene rings is 2. The minimum atomic E-state index is -0.934. The number of halogens is 2. The first-order chi connectivity index (χ1) is 14.4. The molecule has 0 saturated carbocycles. The van der Waals surface area contributed by atoms with Gasteiger partial charge in [0.05, 0.1) is 19.3 Å². The first-order valence-electron chi connectivity index (χ1n) is 10.2. The summed E-state index contributed by atoms with van der Waals surface area (Å²) in [5.74, 6) is -0.908. The Bertz CT molecular complexity index is 870. The third-order valence-corrected chi connectivity index (χ3v) is 5.47. The molecule has 2 aromatic carbocycles. The second-order valence-corrected chi connectivity index (χ2v) is 7.77. The van der Waals surface area contributed by atoms with Crippen molar-refractivity contribution in [2.45, 2.75) is 50.8 Å². The van der Waals surface area contributed by atoms with Gasteiger partial charge in [0.25, 0.3) is 0 Å². The maximum Gasteiger partial charge on any atom is 0.217 e. The Balaban J connectivity index is 1.69. The summed E-state index contributed by atoms with van der Waals surface area (Å²) >= 11 is 0. The molecule has 1 unspecified atom stereocenters. The summed E-state index contributed by atoms with van der Waals surface area (Å²) in [6.45, 7) is 1.58. The molecule has 0 spiro atoms. The highest BCUT2D eigenvalue weighted by atomic mass is 19.1. The van der Waals surface area contributed by atoms with Crippen LogP contribution in [0.1, 0.15) is 42.5 Å². The largest absolute Gasteiger partial charge is 0.497 e. The van der Waals surface area contributed by atoms with E-state index in [1.165, 1.54) is 24.6 Å². The highest BCUT2D eigenvalue weighted by molar-refractivity contribution is 5.73. The predicted octanol–water partition coefficient (Wildman–Crippen LogP) is 3.05. The highest BCUT2D eigenvalue weighted by Gasteiger charge is 2.25. The van der Waals surface area contributed by atoms with Crippen molar-refractivity contribution in [3.63, 3.8) is 0 Å². The van der Waals surface area contributed by atoms with Gasteiger partial charge >= 0.3 is 0 Å². The van der Waals surface area contributed by atoms with Crippen molar-refractivity contribution in [1.82, 2.24) is 10.6 Å². The molecule has 3 N–H and O–H groups in total. The monoisotopic (exact) mass is 418 g/mol. The van der Waals surface area contributed by atoms with Crippen LogP contribution < -0.4 is 15.4 Å². The van der Waals surface area contributed by atoms with Gasteiger partial charge in [-0.05, 0) is 66.6 Å².